The minimum atomic E-state index is 0.436. The molecule has 4 rings (SSSR count). The molecule has 181 valence electrons. The average molecular weight is 438 g/mol. The van der Waals surface area contributed by atoms with E-state index in [-0.39, 0.29) is 0 Å². The number of rotatable bonds is 5. The SMILES string of the molecule is C=C([B]C)CCCC1CCC2C3=C(C(=C)CC12C)C1(C)CCCCC1CC3C.CC.CC. The van der Waals surface area contributed by atoms with Crippen molar-refractivity contribution >= 4 is 7.28 Å². The molecule has 1 heteroatoms. The second-order valence-electron chi connectivity index (χ2n) is 11.3. The molecule has 1 radical (unpaired) electrons. The number of fused-ring (bicyclic) bond motifs is 4. The van der Waals surface area contributed by atoms with Crippen LogP contribution in [0.15, 0.2) is 35.3 Å². The summed E-state index contributed by atoms with van der Waals surface area (Å²) in [5, 5.41) is 0. The molecule has 0 aliphatic heterocycles. The van der Waals surface area contributed by atoms with Gasteiger partial charge in [-0.3, -0.25) is 0 Å². The Labute approximate surface area is 203 Å². The van der Waals surface area contributed by atoms with Crippen LogP contribution in [0.1, 0.15) is 119 Å². The fourth-order valence-corrected chi connectivity index (χ4v) is 8.20. The summed E-state index contributed by atoms with van der Waals surface area (Å²) >= 11 is 0. The third-order valence-corrected chi connectivity index (χ3v) is 9.74. The summed E-state index contributed by atoms with van der Waals surface area (Å²) in [4.78, 5) is 0. The maximum Gasteiger partial charge on any atom is 0.141 e. The molecule has 4 aliphatic carbocycles. The molecule has 0 nitrogen and oxygen atoms in total. The molecule has 0 aromatic rings. The Balaban J connectivity index is 0.000000860. The molecule has 0 heterocycles. The lowest BCUT2D eigenvalue weighted by atomic mass is 9.48. The Morgan fingerprint density at radius 2 is 1.75 bits per heavy atom. The van der Waals surface area contributed by atoms with Crippen molar-refractivity contribution in [1.82, 2.24) is 0 Å². The van der Waals surface area contributed by atoms with E-state index in [1.165, 1.54) is 81.7 Å². The van der Waals surface area contributed by atoms with Crippen molar-refractivity contribution in [3.05, 3.63) is 35.3 Å². The molecule has 0 aromatic heterocycles. The molecule has 0 saturated heterocycles. The molecule has 32 heavy (non-hydrogen) atoms. The summed E-state index contributed by atoms with van der Waals surface area (Å²) in [5.41, 5.74) is 7.41. The number of hydrogen-bond donors (Lipinski definition) is 0. The summed E-state index contributed by atoms with van der Waals surface area (Å²) in [7, 11) is 2.18. The van der Waals surface area contributed by atoms with E-state index in [4.69, 9.17) is 6.58 Å². The normalized spacial score (nSPS) is 37.7. The van der Waals surface area contributed by atoms with Crippen LogP contribution in [-0.4, -0.2) is 7.28 Å². The van der Waals surface area contributed by atoms with E-state index in [0.29, 0.717) is 10.8 Å². The zero-order valence-corrected chi connectivity index (χ0v) is 23.1. The van der Waals surface area contributed by atoms with Crippen LogP contribution in [0.4, 0.5) is 0 Å². The molecule has 0 aromatic carbocycles. The minimum Gasteiger partial charge on any atom is -0.116 e. The summed E-state index contributed by atoms with van der Waals surface area (Å²) in [6.07, 6.45) is 15.2. The molecule has 6 unspecified atom stereocenters. The Morgan fingerprint density at radius 1 is 1.06 bits per heavy atom. The van der Waals surface area contributed by atoms with E-state index in [1.807, 2.05) is 33.3 Å². The summed E-state index contributed by atoms with van der Waals surface area (Å²) in [5.74, 6) is 3.39. The highest BCUT2D eigenvalue weighted by Crippen LogP contribution is 2.67. The van der Waals surface area contributed by atoms with E-state index in [2.05, 4.69) is 41.5 Å². The first-order valence-electron chi connectivity index (χ1n) is 14.2. The smallest absolute Gasteiger partial charge is 0.116 e. The van der Waals surface area contributed by atoms with Crippen molar-refractivity contribution in [3.63, 3.8) is 0 Å². The lowest BCUT2D eigenvalue weighted by Gasteiger charge is -2.56. The number of allylic oxidation sites excluding steroid dienone is 4. The summed E-state index contributed by atoms with van der Waals surface area (Å²) < 4.78 is 0. The van der Waals surface area contributed by atoms with Crippen molar-refractivity contribution in [2.24, 2.45) is 34.5 Å². The van der Waals surface area contributed by atoms with E-state index in [9.17, 15) is 0 Å². The zero-order valence-electron chi connectivity index (χ0n) is 23.1. The van der Waals surface area contributed by atoms with Gasteiger partial charge in [0.15, 0.2) is 0 Å². The van der Waals surface area contributed by atoms with Crippen LogP contribution in [0.3, 0.4) is 0 Å². The standard InChI is InChI=1S/C27H42B.2C2H6/c1-18-16-22-11-7-8-15-26(22,4)25-19(2)17-27(5)21(12-9-10-20(3)28-6)13-14-23(27)24(18)25;2*1-2/h18,21-23H,2-3,7-17H2,1,4-6H3;2*1-2H3. The second kappa shape index (κ2) is 11.6. The summed E-state index contributed by atoms with van der Waals surface area (Å²) in [6, 6.07) is 0. The Bertz CT molecular complexity index is 685. The average Bonchev–Trinajstić information content (AvgIpc) is 3.12. The molecular weight excluding hydrogens is 383 g/mol. The van der Waals surface area contributed by atoms with Gasteiger partial charge in [-0.1, -0.05) is 92.3 Å². The molecule has 0 N–H and O–H groups in total. The highest BCUT2D eigenvalue weighted by atomic mass is 14.6. The highest BCUT2D eigenvalue weighted by molar-refractivity contribution is 6.43. The molecule has 2 fully saturated rings. The molecule has 0 amide bonds. The topological polar surface area (TPSA) is 0 Å². The summed E-state index contributed by atoms with van der Waals surface area (Å²) in [6.45, 7) is 26.9. The molecule has 4 aliphatic rings. The monoisotopic (exact) mass is 437 g/mol. The predicted molar refractivity (Wildman–Crippen MR) is 146 cm³/mol. The first-order chi connectivity index (χ1) is 15.3. The molecule has 0 bridgehead atoms. The van der Waals surface area contributed by atoms with Gasteiger partial charge < -0.3 is 0 Å². The Morgan fingerprint density at radius 3 is 2.41 bits per heavy atom. The van der Waals surface area contributed by atoms with Crippen molar-refractivity contribution in [1.29, 1.82) is 0 Å². The quantitative estimate of drug-likeness (QED) is 0.375. The van der Waals surface area contributed by atoms with Gasteiger partial charge in [0, 0.05) is 0 Å². The second-order valence-corrected chi connectivity index (χ2v) is 11.3. The van der Waals surface area contributed by atoms with Gasteiger partial charge >= 0.3 is 0 Å². The van der Waals surface area contributed by atoms with Gasteiger partial charge in [0.05, 0.1) is 0 Å². The maximum atomic E-state index is 4.75. The third kappa shape index (κ3) is 4.88. The van der Waals surface area contributed by atoms with Gasteiger partial charge in [-0.25, -0.2) is 0 Å². The van der Waals surface area contributed by atoms with Crippen LogP contribution in [0.2, 0.25) is 6.82 Å². The molecule has 0 spiro atoms. The first kappa shape index (κ1) is 27.5. The van der Waals surface area contributed by atoms with Crippen LogP contribution < -0.4 is 0 Å². The van der Waals surface area contributed by atoms with Crippen LogP contribution >= 0.6 is 0 Å². The van der Waals surface area contributed by atoms with E-state index < -0.39 is 0 Å². The van der Waals surface area contributed by atoms with Crippen molar-refractivity contribution in [2.75, 3.05) is 0 Å². The van der Waals surface area contributed by atoms with Crippen molar-refractivity contribution < 1.29 is 0 Å². The largest absolute Gasteiger partial charge is 0.141 e. The van der Waals surface area contributed by atoms with Crippen molar-refractivity contribution in [3.8, 4) is 0 Å². The van der Waals surface area contributed by atoms with E-state index in [1.54, 1.807) is 5.57 Å². The highest BCUT2D eigenvalue weighted by Gasteiger charge is 2.56. The van der Waals surface area contributed by atoms with Gasteiger partial charge in [0.2, 0.25) is 0 Å². The minimum absolute atomic E-state index is 0.436. The lowest BCUT2D eigenvalue weighted by Crippen LogP contribution is -2.46. The van der Waals surface area contributed by atoms with Crippen LogP contribution in [0.25, 0.3) is 0 Å². The molecular formula is C31H54B. The first-order valence-corrected chi connectivity index (χ1v) is 14.2. The van der Waals surface area contributed by atoms with Gasteiger partial charge in [0.1, 0.15) is 7.28 Å². The molecule has 2 saturated carbocycles. The van der Waals surface area contributed by atoms with E-state index >= 15 is 0 Å². The fourth-order valence-electron chi connectivity index (χ4n) is 8.20. The zero-order chi connectivity index (χ0) is 24.1. The maximum absolute atomic E-state index is 4.75. The lowest BCUT2D eigenvalue weighted by molar-refractivity contribution is 0.0832. The van der Waals surface area contributed by atoms with Gasteiger partial charge in [-0.15, -0.1) is 12.1 Å². The fraction of sp³-hybridized carbons (Fsp3) is 0.806. The van der Waals surface area contributed by atoms with Gasteiger partial charge in [-0.05, 0) is 91.4 Å². The van der Waals surface area contributed by atoms with Crippen LogP contribution in [0, 0.1) is 34.5 Å². The van der Waals surface area contributed by atoms with Gasteiger partial charge in [-0.2, -0.15) is 0 Å². The molecule has 6 atom stereocenters. The predicted octanol–water partition coefficient (Wildman–Crippen LogP) is 10.0. The van der Waals surface area contributed by atoms with Crippen LogP contribution in [0.5, 0.6) is 0 Å². The third-order valence-electron chi connectivity index (χ3n) is 9.74. The van der Waals surface area contributed by atoms with Gasteiger partial charge in [0.25, 0.3) is 0 Å². The Hall–Kier alpha value is -0.715. The number of hydrogen-bond acceptors (Lipinski definition) is 0. The van der Waals surface area contributed by atoms with E-state index in [0.717, 1.165) is 23.7 Å². The Kier molecular flexibility index (Phi) is 9.99. The van der Waals surface area contributed by atoms with Crippen molar-refractivity contribution in [2.45, 2.75) is 126 Å². The van der Waals surface area contributed by atoms with Crippen LogP contribution in [-0.2, 0) is 0 Å².